The average Bonchev–Trinajstić information content (AvgIpc) is 3.36. The third-order valence-corrected chi connectivity index (χ3v) is 5.66. The number of ether oxygens (including phenoxy) is 1. The van der Waals surface area contributed by atoms with Crippen LogP contribution in [0.4, 0.5) is 0 Å². The number of nitrogens with zero attached hydrogens (tertiary/aromatic N) is 3. The molecule has 0 amide bonds. The number of furan rings is 1. The number of hydrogen-bond acceptors (Lipinski definition) is 5. The lowest BCUT2D eigenvalue weighted by atomic mass is 10.2. The van der Waals surface area contributed by atoms with Crippen LogP contribution in [-0.2, 0) is 17.0 Å². The summed E-state index contributed by atoms with van der Waals surface area (Å²) in [7, 11) is 0. The highest BCUT2D eigenvalue weighted by Crippen LogP contribution is 2.29. The van der Waals surface area contributed by atoms with Gasteiger partial charge in [0.15, 0.2) is 10.9 Å². The van der Waals surface area contributed by atoms with Gasteiger partial charge < -0.3 is 9.15 Å². The Morgan fingerprint density at radius 2 is 2.20 bits per heavy atom. The molecular formula is C18H18BrN3O2S. The van der Waals surface area contributed by atoms with Crippen LogP contribution in [0.2, 0.25) is 0 Å². The van der Waals surface area contributed by atoms with Crippen LogP contribution in [0.25, 0.3) is 11.6 Å². The molecule has 1 aliphatic heterocycles. The SMILES string of the molecule is Brc1cccc(CSc2nnc(-c3ccco3)n2CC2CCCO2)c1. The fourth-order valence-corrected chi connectivity index (χ4v) is 4.25. The second-order valence-corrected chi connectivity index (χ2v) is 7.81. The van der Waals surface area contributed by atoms with Crippen molar-refractivity contribution in [2.75, 3.05) is 6.61 Å². The lowest BCUT2D eigenvalue weighted by Gasteiger charge is -2.14. The normalized spacial score (nSPS) is 17.2. The Balaban J connectivity index is 1.57. The van der Waals surface area contributed by atoms with Gasteiger partial charge in [-0.15, -0.1) is 10.2 Å². The monoisotopic (exact) mass is 419 g/mol. The van der Waals surface area contributed by atoms with Crippen molar-refractivity contribution in [3.63, 3.8) is 0 Å². The standard InChI is InChI=1S/C18H18BrN3O2S/c19-14-5-1-4-13(10-14)12-25-18-21-20-17(16-7-3-9-24-16)22(18)11-15-6-2-8-23-15/h1,3-5,7,9-10,15H,2,6,8,11-12H2. The summed E-state index contributed by atoms with van der Waals surface area (Å²) in [5.41, 5.74) is 1.24. The van der Waals surface area contributed by atoms with Crippen molar-refractivity contribution in [1.29, 1.82) is 0 Å². The van der Waals surface area contributed by atoms with E-state index in [0.717, 1.165) is 53.0 Å². The maximum atomic E-state index is 5.81. The van der Waals surface area contributed by atoms with E-state index in [9.17, 15) is 0 Å². The van der Waals surface area contributed by atoms with E-state index < -0.39 is 0 Å². The first-order valence-corrected chi connectivity index (χ1v) is 10.0. The van der Waals surface area contributed by atoms with Gasteiger partial charge in [-0.3, -0.25) is 4.57 Å². The fraction of sp³-hybridized carbons (Fsp3) is 0.333. The van der Waals surface area contributed by atoms with E-state index in [4.69, 9.17) is 9.15 Å². The average molecular weight is 420 g/mol. The lowest BCUT2D eigenvalue weighted by Crippen LogP contribution is -2.16. The molecule has 0 spiro atoms. The largest absolute Gasteiger partial charge is 0.461 e. The van der Waals surface area contributed by atoms with E-state index >= 15 is 0 Å². The first-order chi connectivity index (χ1) is 12.3. The fourth-order valence-electron chi connectivity index (χ4n) is 2.91. The first-order valence-electron chi connectivity index (χ1n) is 8.25. The molecule has 1 aliphatic rings. The third-order valence-electron chi connectivity index (χ3n) is 4.13. The van der Waals surface area contributed by atoms with Crippen molar-refractivity contribution in [2.45, 2.75) is 36.4 Å². The van der Waals surface area contributed by atoms with Crippen LogP contribution in [0.3, 0.4) is 0 Å². The molecule has 0 aliphatic carbocycles. The molecular weight excluding hydrogens is 402 g/mol. The Hall–Kier alpha value is -1.57. The van der Waals surface area contributed by atoms with Gasteiger partial charge in [-0.2, -0.15) is 0 Å². The molecule has 1 atom stereocenters. The van der Waals surface area contributed by atoms with Gasteiger partial charge in [-0.25, -0.2) is 0 Å². The van der Waals surface area contributed by atoms with Gasteiger partial charge in [0.05, 0.1) is 18.9 Å². The molecule has 1 aromatic carbocycles. The van der Waals surface area contributed by atoms with Crippen LogP contribution >= 0.6 is 27.7 Å². The van der Waals surface area contributed by atoms with E-state index in [0.29, 0.717) is 0 Å². The number of aromatic nitrogens is 3. The second-order valence-electron chi connectivity index (χ2n) is 5.95. The third kappa shape index (κ3) is 3.99. The summed E-state index contributed by atoms with van der Waals surface area (Å²) in [5.74, 6) is 2.33. The molecule has 1 unspecified atom stereocenters. The number of benzene rings is 1. The van der Waals surface area contributed by atoms with Gasteiger partial charge in [-0.1, -0.05) is 39.8 Å². The van der Waals surface area contributed by atoms with Crippen molar-refractivity contribution < 1.29 is 9.15 Å². The molecule has 0 bridgehead atoms. The number of rotatable bonds is 6. The topological polar surface area (TPSA) is 53.1 Å². The van der Waals surface area contributed by atoms with Gasteiger partial charge >= 0.3 is 0 Å². The van der Waals surface area contributed by atoms with Crippen molar-refractivity contribution >= 4 is 27.7 Å². The molecule has 0 radical (unpaired) electrons. The number of thioether (sulfide) groups is 1. The maximum absolute atomic E-state index is 5.81. The molecule has 4 rings (SSSR count). The van der Waals surface area contributed by atoms with Gasteiger partial charge in [-0.05, 0) is 42.7 Å². The summed E-state index contributed by atoms with van der Waals surface area (Å²) in [6.45, 7) is 1.59. The molecule has 0 N–H and O–H groups in total. The predicted octanol–water partition coefficient (Wildman–Crippen LogP) is 4.77. The van der Waals surface area contributed by atoms with Crippen LogP contribution in [0.15, 0.2) is 56.7 Å². The molecule has 3 aromatic rings. The predicted molar refractivity (Wildman–Crippen MR) is 100 cm³/mol. The van der Waals surface area contributed by atoms with Gasteiger partial charge in [0.2, 0.25) is 5.82 Å². The highest BCUT2D eigenvalue weighted by molar-refractivity contribution is 9.10. The number of hydrogen-bond donors (Lipinski definition) is 0. The van der Waals surface area contributed by atoms with Crippen LogP contribution in [0, 0.1) is 0 Å². The molecule has 1 fully saturated rings. The van der Waals surface area contributed by atoms with Gasteiger partial charge in [0.25, 0.3) is 0 Å². The molecule has 5 nitrogen and oxygen atoms in total. The summed E-state index contributed by atoms with van der Waals surface area (Å²) >= 11 is 5.20. The summed E-state index contributed by atoms with van der Waals surface area (Å²) in [5, 5.41) is 9.66. The van der Waals surface area contributed by atoms with Crippen molar-refractivity contribution in [3.8, 4) is 11.6 Å². The summed E-state index contributed by atoms with van der Waals surface area (Å²) < 4.78 is 14.6. The van der Waals surface area contributed by atoms with Crippen molar-refractivity contribution in [1.82, 2.24) is 14.8 Å². The zero-order valence-electron chi connectivity index (χ0n) is 13.6. The molecule has 7 heteroatoms. The van der Waals surface area contributed by atoms with E-state index in [-0.39, 0.29) is 6.10 Å². The summed E-state index contributed by atoms with van der Waals surface area (Å²) in [4.78, 5) is 0. The Bertz CT molecular complexity index is 829. The summed E-state index contributed by atoms with van der Waals surface area (Å²) in [6.07, 6.45) is 4.07. The highest BCUT2D eigenvalue weighted by Gasteiger charge is 2.22. The molecule has 1 saturated heterocycles. The Labute approximate surface area is 158 Å². The van der Waals surface area contributed by atoms with Gasteiger partial charge in [0, 0.05) is 16.8 Å². The maximum Gasteiger partial charge on any atom is 0.200 e. The Morgan fingerprint density at radius 1 is 1.24 bits per heavy atom. The number of halogens is 1. The summed E-state index contributed by atoms with van der Waals surface area (Å²) in [6, 6.07) is 12.1. The molecule has 2 aromatic heterocycles. The molecule has 3 heterocycles. The smallest absolute Gasteiger partial charge is 0.200 e. The van der Waals surface area contributed by atoms with E-state index in [1.54, 1.807) is 18.0 Å². The quantitative estimate of drug-likeness (QED) is 0.538. The van der Waals surface area contributed by atoms with Crippen LogP contribution in [0.1, 0.15) is 18.4 Å². The van der Waals surface area contributed by atoms with Gasteiger partial charge in [0.1, 0.15) is 0 Å². The Kier molecular flexibility index (Phi) is 5.24. The molecule has 0 saturated carbocycles. The Morgan fingerprint density at radius 3 is 2.96 bits per heavy atom. The highest BCUT2D eigenvalue weighted by atomic mass is 79.9. The van der Waals surface area contributed by atoms with Crippen molar-refractivity contribution in [3.05, 3.63) is 52.7 Å². The van der Waals surface area contributed by atoms with E-state index in [1.165, 1.54) is 5.56 Å². The molecule has 130 valence electrons. The minimum absolute atomic E-state index is 0.218. The first kappa shape index (κ1) is 16.9. The van der Waals surface area contributed by atoms with Crippen LogP contribution < -0.4 is 0 Å². The zero-order valence-corrected chi connectivity index (χ0v) is 16.0. The second kappa shape index (κ2) is 7.76. The van der Waals surface area contributed by atoms with E-state index in [2.05, 4.69) is 42.8 Å². The minimum atomic E-state index is 0.218. The van der Waals surface area contributed by atoms with Crippen LogP contribution in [-0.4, -0.2) is 27.5 Å². The van der Waals surface area contributed by atoms with Crippen LogP contribution in [0.5, 0.6) is 0 Å². The lowest BCUT2D eigenvalue weighted by molar-refractivity contribution is 0.0952. The van der Waals surface area contributed by atoms with Crippen molar-refractivity contribution in [2.24, 2.45) is 0 Å². The minimum Gasteiger partial charge on any atom is -0.461 e. The molecule has 25 heavy (non-hydrogen) atoms. The zero-order chi connectivity index (χ0) is 17.1. The van der Waals surface area contributed by atoms with E-state index in [1.807, 2.05) is 24.3 Å².